The van der Waals surface area contributed by atoms with Gasteiger partial charge in [-0.05, 0) is 25.1 Å². The highest BCUT2D eigenvalue weighted by molar-refractivity contribution is 5.41. The van der Waals surface area contributed by atoms with Crippen molar-refractivity contribution >= 4 is 0 Å². The molecule has 0 radical (unpaired) electrons. The van der Waals surface area contributed by atoms with Crippen LogP contribution in [0.5, 0.6) is 5.75 Å². The number of fused-ring (bicyclic) bond motifs is 1. The largest absolute Gasteiger partial charge is 0.485 e. The predicted molar refractivity (Wildman–Crippen MR) is 70.5 cm³/mol. The molecule has 0 spiro atoms. The smallest absolute Gasteiger partial charge is 0.165 e. The molecule has 0 amide bonds. The van der Waals surface area contributed by atoms with Crippen LogP contribution in [-0.4, -0.2) is 5.11 Å². The van der Waals surface area contributed by atoms with Crippen molar-refractivity contribution in [3.63, 3.8) is 0 Å². The molecule has 0 aliphatic carbocycles. The van der Waals surface area contributed by atoms with Crippen LogP contribution in [0.3, 0.4) is 0 Å². The number of benzene rings is 2. The van der Waals surface area contributed by atoms with Gasteiger partial charge in [-0.1, -0.05) is 23.8 Å². The fraction of sp³-hybridized carbons (Fsp3) is 0.250. The molecule has 2 aromatic carbocycles. The van der Waals surface area contributed by atoms with E-state index in [4.69, 9.17) is 4.74 Å². The van der Waals surface area contributed by atoms with Gasteiger partial charge < -0.3 is 9.84 Å². The van der Waals surface area contributed by atoms with Gasteiger partial charge in [-0.25, -0.2) is 8.78 Å². The summed E-state index contributed by atoms with van der Waals surface area (Å²) in [6.45, 7) is 1.92. The summed E-state index contributed by atoms with van der Waals surface area (Å²) in [5.74, 6) is -1.31. The average molecular weight is 276 g/mol. The Bertz CT molecular complexity index is 655. The van der Waals surface area contributed by atoms with Crippen molar-refractivity contribution in [3.8, 4) is 5.75 Å². The van der Waals surface area contributed by atoms with Gasteiger partial charge >= 0.3 is 0 Å². The van der Waals surface area contributed by atoms with Crippen LogP contribution >= 0.6 is 0 Å². The molecule has 0 aromatic heterocycles. The van der Waals surface area contributed by atoms with E-state index in [2.05, 4.69) is 0 Å². The third-order valence-electron chi connectivity index (χ3n) is 3.56. The minimum Gasteiger partial charge on any atom is -0.485 e. The number of hydrogen-bond donors (Lipinski definition) is 1. The Kier molecular flexibility index (Phi) is 3.18. The summed E-state index contributed by atoms with van der Waals surface area (Å²) in [4.78, 5) is 0. The van der Waals surface area contributed by atoms with Crippen molar-refractivity contribution in [3.05, 3.63) is 64.7 Å². The van der Waals surface area contributed by atoms with Crippen LogP contribution in [0.25, 0.3) is 0 Å². The van der Waals surface area contributed by atoms with E-state index in [1.807, 2.05) is 19.1 Å². The number of aliphatic hydroxyl groups excluding tert-OH is 1. The summed E-state index contributed by atoms with van der Waals surface area (Å²) in [6.07, 6.45) is -1.22. The van der Waals surface area contributed by atoms with Crippen LogP contribution in [0.1, 0.15) is 35.3 Å². The number of ether oxygens (including phenoxy) is 1. The van der Waals surface area contributed by atoms with Crippen molar-refractivity contribution in [2.24, 2.45) is 0 Å². The van der Waals surface area contributed by atoms with Gasteiger partial charge in [0.1, 0.15) is 11.9 Å². The summed E-state index contributed by atoms with van der Waals surface area (Å²) < 4.78 is 32.8. The fourth-order valence-corrected chi connectivity index (χ4v) is 2.53. The normalized spacial score (nSPS) is 21.2. The number of rotatable bonds is 1. The Balaban J connectivity index is 1.99. The number of halogens is 2. The summed E-state index contributed by atoms with van der Waals surface area (Å²) >= 11 is 0. The second-order valence-electron chi connectivity index (χ2n) is 5.04. The van der Waals surface area contributed by atoms with E-state index in [9.17, 15) is 13.9 Å². The van der Waals surface area contributed by atoms with Gasteiger partial charge in [-0.2, -0.15) is 0 Å². The van der Waals surface area contributed by atoms with E-state index in [1.54, 1.807) is 6.07 Å². The van der Waals surface area contributed by atoms with Crippen LogP contribution in [-0.2, 0) is 0 Å². The van der Waals surface area contributed by atoms with E-state index < -0.39 is 23.8 Å². The molecule has 1 heterocycles. The van der Waals surface area contributed by atoms with Crippen molar-refractivity contribution in [1.82, 2.24) is 0 Å². The van der Waals surface area contributed by atoms with E-state index >= 15 is 0 Å². The molecule has 0 saturated heterocycles. The fourth-order valence-electron chi connectivity index (χ4n) is 2.53. The minimum absolute atomic E-state index is 0.135. The molecule has 1 aliphatic rings. The summed E-state index contributed by atoms with van der Waals surface area (Å²) in [5.41, 5.74) is 1.84. The first kappa shape index (κ1) is 13.1. The summed E-state index contributed by atoms with van der Waals surface area (Å²) in [5, 5.41) is 10.2. The van der Waals surface area contributed by atoms with Crippen LogP contribution < -0.4 is 4.74 Å². The van der Waals surface area contributed by atoms with E-state index in [-0.39, 0.29) is 12.0 Å². The third kappa shape index (κ3) is 2.16. The van der Waals surface area contributed by atoms with Gasteiger partial charge in [0.2, 0.25) is 0 Å². The second-order valence-corrected chi connectivity index (χ2v) is 5.04. The molecule has 0 saturated carbocycles. The van der Waals surface area contributed by atoms with Gasteiger partial charge in [0.05, 0.1) is 6.10 Å². The number of aryl methyl sites for hydroxylation is 1. The highest BCUT2D eigenvalue weighted by atomic mass is 19.2. The van der Waals surface area contributed by atoms with Crippen molar-refractivity contribution in [1.29, 1.82) is 0 Å². The maximum Gasteiger partial charge on any atom is 0.165 e. The van der Waals surface area contributed by atoms with Gasteiger partial charge in [-0.15, -0.1) is 0 Å². The van der Waals surface area contributed by atoms with Crippen molar-refractivity contribution < 1.29 is 18.6 Å². The van der Waals surface area contributed by atoms with E-state index in [1.165, 1.54) is 12.1 Å². The second kappa shape index (κ2) is 4.87. The molecule has 1 aliphatic heterocycles. The number of aliphatic hydroxyl groups is 1. The Labute approximate surface area is 115 Å². The third-order valence-corrected chi connectivity index (χ3v) is 3.56. The Morgan fingerprint density at radius 3 is 2.75 bits per heavy atom. The molecule has 104 valence electrons. The summed E-state index contributed by atoms with van der Waals surface area (Å²) in [7, 11) is 0. The molecule has 2 atom stereocenters. The Morgan fingerprint density at radius 1 is 1.15 bits per heavy atom. The molecule has 3 rings (SSSR count). The molecule has 4 heteroatoms. The molecule has 2 aromatic rings. The van der Waals surface area contributed by atoms with E-state index in [0.717, 1.165) is 11.6 Å². The Hall–Kier alpha value is -1.94. The maximum absolute atomic E-state index is 13.8. The van der Waals surface area contributed by atoms with Crippen LogP contribution in [0, 0.1) is 18.6 Å². The first-order valence-corrected chi connectivity index (χ1v) is 6.45. The quantitative estimate of drug-likeness (QED) is 0.857. The van der Waals surface area contributed by atoms with Gasteiger partial charge in [0.25, 0.3) is 0 Å². The lowest BCUT2D eigenvalue weighted by molar-refractivity contribution is 0.0636. The first-order chi connectivity index (χ1) is 9.56. The van der Waals surface area contributed by atoms with Crippen molar-refractivity contribution in [2.45, 2.75) is 25.6 Å². The zero-order valence-corrected chi connectivity index (χ0v) is 10.9. The topological polar surface area (TPSA) is 29.5 Å². The molecular formula is C16H14F2O2. The SMILES string of the molecule is Cc1ccc2c(c1)C(O)CC(c1cccc(F)c1F)O2. The highest BCUT2D eigenvalue weighted by Crippen LogP contribution is 2.41. The van der Waals surface area contributed by atoms with Gasteiger partial charge in [-0.3, -0.25) is 0 Å². The minimum atomic E-state index is -0.916. The predicted octanol–water partition coefficient (Wildman–Crippen LogP) is 3.83. The first-order valence-electron chi connectivity index (χ1n) is 6.45. The number of hydrogen-bond acceptors (Lipinski definition) is 2. The lowest BCUT2D eigenvalue weighted by Crippen LogP contribution is -2.20. The zero-order valence-electron chi connectivity index (χ0n) is 10.9. The van der Waals surface area contributed by atoms with Crippen LogP contribution in [0.2, 0.25) is 0 Å². The van der Waals surface area contributed by atoms with E-state index in [0.29, 0.717) is 11.3 Å². The highest BCUT2D eigenvalue weighted by Gasteiger charge is 2.30. The molecule has 2 unspecified atom stereocenters. The average Bonchev–Trinajstić information content (AvgIpc) is 2.42. The Morgan fingerprint density at radius 2 is 1.95 bits per heavy atom. The lowest BCUT2D eigenvalue weighted by atomic mass is 9.94. The van der Waals surface area contributed by atoms with Gasteiger partial charge in [0, 0.05) is 17.5 Å². The monoisotopic (exact) mass is 276 g/mol. The standard InChI is InChI=1S/C16H14F2O2/c1-9-5-6-14-11(7-9)13(19)8-15(20-14)10-3-2-4-12(17)16(10)18/h2-7,13,15,19H,8H2,1H3. The molecule has 0 fully saturated rings. The summed E-state index contributed by atoms with van der Waals surface area (Å²) in [6, 6.07) is 9.43. The molecule has 1 N–H and O–H groups in total. The molecular weight excluding hydrogens is 262 g/mol. The van der Waals surface area contributed by atoms with Crippen molar-refractivity contribution in [2.75, 3.05) is 0 Å². The van der Waals surface area contributed by atoms with Crippen LogP contribution in [0.4, 0.5) is 8.78 Å². The van der Waals surface area contributed by atoms with Gasteiger partial charge in [0.15, 0.2) is 11.6 Å². The molecule has 2 nitrogen and oxygen atoms in total. The molecule has 20 heavy (non-hydrogen) atoms. The van der Waals surface area contributed by atoms with Crippen LogP contribution in [0.15, 0.2) is 36.4 Å². The lowest BCUT2D eigenvalue weighted by Gasteiger charge is -2.30. The molecule has 0 bridgehead atoms. The zero-order chi connectivity index (χ0) is 14.3. The maximum atomic E-state index is 13.8.